The Hall–Kier alpha value is -2.12. The third kappa shape index (κ3) is 2.80. The summed E-state index contributed by atoms with van der Waals surface area (Å²) in [5, 5.41) is 0. The highest BCUT2D eigenvalue weighted by atomic mass is 79.9. The molecule has 0 saturated heterocycles. The monoisotopic (exact) mass is 414 g/mol. The molecule has 0 spiro atoms. The first-order valence-electron chi connectivity index (χ1n) is 9.82. The Bertz CT molecular complexity index is 1060. The van der Waals surface area contributed by atoms with Gasteiger partial charge in [0, 0.05) is 10.9 Å². The van der Waals surface area contributed by atoms with E-state index < -0.39 is 0 Å². The standard InChI is InChI=1S/C26H23Br/c1-16-5-3-6-17(2)25(16)18-9-11-19(12-10-18)26-23-8-4-7-20(23)13-21-14-22(27)15-24(21)26/h3,5-6,9-14H,4,7-8,15H2,1-2H3. The molecule has 0 saturated carbocycles. The van der Waals surface area contributed by atoms with E-state index in [4.69, 9.17) is 0 Å². The van der Waals surface area contributed by atoms with E-state index in [1.165, 1.54) is 68.3 Å². The van der Waals surface area contributed by atoms with Crippen LogP contribution in [-0.4, -0.2) is 0 Å². The fraction of sp³-hybridized carbons (Fsp3) is 0.231. The Balaban J connectivity index is 1.64. The second-order valence-electron chi connectivity index (χ2n) is 7.92. The van der Waals surface area contributed by atoms with Crippen molar-refractivity contribution in [1.82, 2.24) is 0 Å². The molecule has 2 aliphatic rings. The van der Waals surface area contributed by atoms with Gasteiger partial charge in [-0.2, -0.15) is 0 Å². The smallest absolute Gasteiger partial charge is 0.00531 e. The third-order valence-electron chi connectivity index (χ3n) is 6.14. The lowest BCUT2D eigenvalue weighted by Crippen LogP contribution is -1.97. The molecule has 0 N–H and O–H groups in total. The quantitative estimate of drug-likeness (QED) is 0.409. The summed E-state index contributed by atoms with van der Waals surface area (Å²) in [6.07, 6.45) is 7.06. The lowest BCUT2D eigenvalue weighted by molar-refractivity contribution is 0.912. The van der Waals surface area contributed by atoms with E-state index >= 15 is 0 Å². The molecule has 0 amide bonds. The van der Waals surface area contributed by atoms with Gasteiger partial charge in [-0.25, -0.2) is 0 Å². The van der Waals surface area contributed by atoms with Gasteiger partial charge < -0.3 is 0 Å². The van der Waals surface area contributed by atoms with Gasteiger partial charge in [0.1, 0.15) is 0 Å². The molecule has 27 heavy (non-hydrogen) atoms. The average molecular weight is 415 g/mol. The summed E-state index contributed by atoms with van der Waals surface area (Å²) in [6.45, 7) is 4.41. The summed E-state index contributed by atoms with van der Waals surface area (Å²) in [5.41, 5.74) is 14.3. The van der Waals surface area contributed by atoms with Gasteiger partial charge in [0.05, 0.1) is 0 Å². The number of hydrogen-bond donors (Lipinski definition) is 0. The number of allylic oxidation sites excluding steroid dienone is 1. The van der Waals surface area contributed by atoms with Crippen LogP contribution in [0.1, 0.15) is 39.8 Å². The molecule has 2 aliphatic carbocycles. The van der Waals surface area contributed by atoms with E-state index in [2.05, 4.69) is 84.4 Å². The van der Waals surface area contributed by atoms with Crippen molar-refractivity contribution >= 4 is 22.0 Å². The molecular formula is C26H23Br. The minimum atomic E-state index is 1.02. The van der Waals surface area contributed by atoms with Crippen LogP contribution >= 0.6 is 15.9 Å². The Morgan fingerprint density at radius 3 is 2.15 bits per heavy atom. The van der Waals surface area contributed by atoms with Crippen molar-refractivity contribution in [2.45, 2.75) is 39.5 Å². The number of aryl methyl sites for hydroxylation is 3. The zero-order valence-corrected chi connectivity index (χ0v) is 17.5. The molecule has 0 bridgehead atoms. The average Bonchev–Trinajstić information content (AvgIpc) is 3.25. The second-order valence-corrected chi connectivity index (χ2v) is 8.94. The van der Waals surface area contributed by atoms with Crippen molar-refractivity contribution in [3.63, 3.8) is 0 Å². The molecule has 5 rings (SSSR count). The molecule has 0 radical (unpaired) electrons. The molecule has 0 nitrogen and oxygen atoms in total. The highest BCUT2D eigenvalue weighted by Gasteiger charge is 2.24. The summed E-state index contributed by atoms with van der Waals surface area (Å²) >= 11 is 3.73. The Morgan fingerprint density at radius 2 is 1.44 bits per heavy atom. The largest absolute Gasteiger partial charge is 0.0617 e. The van der Waals surface area contributed by atoms with Crippen LogP contribution in [-0.2, 0) is 19.3 Å². The molecule has 0 unspecified atom stereocenters. The van der Waals surface area contributed by atoms with Crippen LogP contribution in [0.4, 0.5) is 0 Å². The Morgan fingerprint density at radius 1 is 0.778 bits per heavy atom. The summed E-state index contributed by atoms with van der Waals surface area (Å²) < 4.78 is 1.30. The molecule has 3 aromatic rings. The fourth-order valence-corrected chi connectivity index (χ4v) is 5.47. The SMILES string of the molecule is Cc1cccc(C)c1-c1ccc(-c2c3c(cc4c2CCC4)C=C(Br)C3)cc1. The Labute approximate surface area is 170 Å². The van der Waals surface area contributed by atoms with Gasteiger partial charge in [0.2, 0.25) is 0 Å². The van der Waals surface area contributed by atoms with Crippen molar-refractivity contribution in [1.29, 1.82) is 0 Å². The van der Waals surface area contributed by atoms with E-state index in [0.29, 0.717) is 0 Å². The van der Waals surface area contributed by atoms with E-state index in [1.807, 2.05) is 0 Å². The molecule has 3 aromatic carbocycles. The van der Waals surface area contributed by atoms with E-state index in [1.54, 1.807) is 11.1 Å². The number of hydrogen-bond acceptors (Lipinski definition) is 0. The van der Waals surface area contributed by atoms with Crippen LogP contribution in [0.2, 0.25) is 0 Å². The van der Waals surface area contributed by atoms with E-state index in [0.717, 1.165) is 6.42 Å². The minimum absolute atomic E-state index is 1.02. The van der Waals surface area contributed by atoms with Crippen molar-refractivity contribution in [2.75, 3.05) is 0 Å². The Kier molecular flexibility index (Phi) is 4.09. The topological polar surface area (TPSA) is 0 Å². The van der Waals surface area contributed by atoms with Crippen LogP contribution in [0.25, 0.3) is 28.3 Å². The van der Waals surface area contributed by atoms with Crippen molar-refractivity contribution in [3.05, 3.63) is 86.4 Å². The lowest BCUT2D eigenvalue weighted by atomic mass is 9.88. The molecule has 134 valence electrons. The predicted octanol–water partition coefficient (Wildman–Crippen LogP) is 7.42. The van der Waals surface area contributed by atoms with Crippen molar-refractivity contribution < 1.29 is 0 Å². The number of rotatable bonds is 2. The molecule has 0 aromatic heterocycles. The summed E-state index contributed by atoms with van der Waals surface area (Å²) in [5.74, 6) is 0. The maximum atomic E-state index is 3.73. The maximum Gasteiger partial charge on any atom is 0.00531 e. The van der Waals surface area contributed by atoms with Gasteiger partial charge in [-0.05, 0) is 94.8 Å². The molecule has 0 fully saturated rings. The van der Waals surface area contributed by atoms with Gasteiger partial charge in [-0.1, -0.05) is 64.5 Å². The first-order chi connectivity index (χ1) is 13.1. The highest BCUT2D eigenvalue weighted by molar-refractivity contribution is 9.11. The molecule has 0 atom stereocenters. The van der Waals surface area contributed by atoms with E-state index in [-0.39, 0.29) is 0 Å². The minimum Gasteiger partial charge on any atom is -0.0617 e. The van der Waals surface area contributed by atoms with Gasteiger partial charge in [-0.3, -0.25) is 0 Å². The number of benzene rings is 3. The van der Waals surface area contributed by atoms with Gasteiger partial charge >= 0.3 is 0 Å². The zero-order chi connectivity index (χ0) is 18.5. The number of fused-ring (bicyclic) bond motifs is 2. The molecule has 1 heteroatoms. The van der Waals surface area contributed by atoms with Gasteiger partial charge in [-0.15, -0.1) is 0 Å². The molecular weight excluding hydrogens is 392 g/mol. The highest BCUT2D eigenvalue weighted by Crippen LogP contribution is 2.43. The lowest BCUT2D eigenvalue weighted by Gasteiger charge is -2.16. The van der Waals surface area contributed by atoms with Gasteiger partial charge in [0.15, 0.2) is 0 Å². The van der Waals surface area contributed by atoms with Crippen LogP contribution in [0.15, 0.2) is 53.0 Å². The zero-order valence-electron chi connectivity index (χ0n) is 15.9. The first-order valence-corrected chi connectivity index (χ1v) is 10.6. The summed E-state index contributed by atoms with van der Waals surface area (Å²) in [7, 11) is 0. The first kappa shape index (κ1) is 17.0. The van der Waals surface area contributed by atoms with Crippen molar-refractivity contribution in [2.24, 2.45) is 0 Å². The summed E-state index contributed by atoms with van der Waals surface area (Å²) in [4.78, 5) is 0. The van der Waals surface area contributed by atoms with Crippen LogP contribution in [0, 0.1) is 13.8 Å². The van der Waals surface area contributed by atoms with Crippen LogP contribution in [0.3, 0.4) is 0 Å². The third-order valence-corrected chi connectivity index (χ3v) is 6.65. The van der Waals surface area contributed by atoms with Crippen LogP contribution in [0.5, 0.6) is 0 Å². The van der Waals surface area contributed by atoms with Gasteiger partial charge in [0.25, 0.3) is 0 Å². The maximum absolute atomic E-state index is 3.73. The van der Waals surface area contributed by atoms with Crippen molar-refractivity contribution in [3.8, 4) is 22.3 Å². The molecule has 0 aliphatic heterocycles. The number of halogens is 1. The van der Waals surface area contributed by atoms with E-state index in [9.17, 15) is 0 Å². The molecule has 0 heterocycles. The second kappa shape index (κ2) is 6.49. The van der Waals surface area contributed by atoms with Crippen LogP contribution < -0.4 is 0 Å². The predicted molar refractivity (Wildman–Crippen MR) is 119 cm³/mol. The summed E-state index contributed by atoms with van der Waals surface area (Å²) in [6, 6.07) is 18.3. The normalized spacial score (nSPS) is 14.9. The fourth-order valence-electron chi connectivity index (χ4n) is 4.94.